The van der Waals surface area contributed by atoms with Crippen molar-refractivity contribution in [2.45, 2.75) is 87.3 Å². The average molecular weight is 507 g/mol. The molecule has 8 heteroatoms. The van der Waals surface area contributed by atoms with Gasteiger partial charge in [0.1, 0.15) is 6.04 Å². The van der Waals surface area contributed by atoms with Gasteiger partial charge in [0.2, 0.25) is 11.8 Å². The molecule has 2 unspecified atom stereocenters. The molecule has 0 aliphatic carbocycles. The summed E-state index contributed by atoms with van der Waals surface area (Å²) in [4.78, 5) is 45.1. The summed E-state index contributed by atoms with van der Waals surface area (Å²) in [6, 6.07) is -0.650. The highest BCUT2D eigenvalue weighted by Gasteiger charge is 2.77. The van der Waals surface area contributed by atoms with Crippen molar-refractivity contribution in [2.24, 2.45) is 11.8 Å². The second-order valence-corrected chi connectivity index (χ2v) is 13.1. The van der Waals surface area contributed by atoms with E-state index in [1.165, 1.54) is 0 Å². The van der Waals surface area contributed by atoms with E-state index in [4.69, 9.17) is 4.74 Å². The first-order valence-electron chi connectivity index (χ1n) is 12.8. The number of esters is 1. The van der Waals surface area contributed by atoms with Crippen LogP contribution in [0.4, 0.5) is 0 Å². The molecule has 3 aliphatic heterocycles. The summed E-state index contributed by atoms with van der Waals surface area (Å²) in [5.74, 6) is -1.69. The number of likely N-dealkylation sites (tertiary alicyclic amines) is 1. The molecule has 3 saturated heterocycles. The third kappa shape index (κ3) is 4.93. The molecule has 1 spiro atoms. The molecular weight excluding hydrogens is 464 g/mol. The van der Waals surface area contributed by atoms with Gasteiger partial charge in [0.15, 0.2) is 0 Å². The Labute approximate surface area is 214 Å². The van der Waals surface area contributed by atoms with E-state index in [-0.39, 0.29) is 24.4 Å². The summed E-state index contributed by atoms with van der Waals surface area (Å²) in [5, 5.41) is 9.32. The van der Waals surface area contributed by atoms with Crippen molar-refractivity contribution in [2.75, 3.05) is 26.3 Å². The van der Waals surface area contributed by atoms with Gasteiger partial charge in [-0.15, -0.1) is 24.9 Å². The van der Waals surface area contributed by atoms with Crippen LogP contribution in [0, 0.1) is 11.8 Å². The molecule has 2 bridgehead atoms. The minimum absolute atomic E-state index is 0.0340. The van der Waals surface area contributed by atoms with E-state index in [0.717, 1.165) is 12.8 Å². The molecule has 3 rings (SSSR count). The number of ether oxygens (including phenoxy) is 1. The van der Waals surface area contributed by atoms with Gasteiger partial charge in [0.25, 0.3) is 0 Å². The van der Waals surface area contributed by atoms with Gasteiger partial charge in [0, 0.05) is 30.0 Å². The Kier molecular flexibility index (Phi) is 8.47. The third-order valence-electron chi connectivity index (χ3n) is 7.76. The molecule has 0 aromatic carbocycles. The lowest BCUT2D eigenvalue weighted by molar-refractivity contribution is -0.155. The molecule has 3 heterocycles. The number of carbonyl (C=O) groups is 3. The first kappa shape index (κ1) is 27.8. The Bertz CT molecular complexity index is 855. The van der Waals surface area contributed by atoms with Gasteiger partial charge in [-0.1, -0.05) is 12.2 Å². The van der Waals surface area contributed by atoms with Crippen LogP contribution in [-0.2, 0) is 19.1 Å². The minimum Gasteiger partial charge on any atom is -0.465 e. The van der Waals surface area contributed by atoms with E-state index in [9.17, 15) is 19.5 Å². The Morgan fingerprint density at radius 3 is 2.54 bits per heavy atom. The number of hydrogen-bond donors (Lipinski definition) is 1. The molecule has 0 aromatic heterocycles. The molecule has 196 valence electrons. The number of amides is 2. The maximum absolute atomic E-state index is 14.2. The van der Waals surface area contributed by atoms with Gasteiger partial charge < -0.3 is 19.6 Å². The van der Waals surface area contributed by atoms with Crippen LogP contribution in [0.2, 0.25) is 0 Å². The van der Waals surface area contributed by atoms with E-state index < -0.39 is 32.9 Å². The molecule has 5 atom stereocenters. The van der Waals surface area contributed by atoms with Gasteiger partial charge in [-0.3, -0.25) is 14.4 Å². The zero-order valence-electron chi connectivity index (χ0n) is 21.8. The van der Waals surface area contributed by atoms with Crippen molar-refractivity contribution in [1.82, 2.24) is 9.80 Å². The average Bonchev–Trinajstić information content (AvgIpc) is 3.35. The van der Waals surface area contributed by atoms with Gasteiger partial charge in [-0.05, 0) is 66.2 Å². The van der Waals surface area contributed by atoms with Crippen LogP contribution >= 0.6 is 11.8 Å². The summed E-state index contributed by atoms with van der Waals surface area (Å²) in [6.07, 6.45) is 7.60. The van der Waals surface area contributed by atoms with Crippen molar-refractivity contribution in [1.29, 1.82) is 0 Å². The van der Waals surface area contributed by atoms with Crippen molar-refractivity contribution in [3.63, 3.8) is 0 Å². The molecule has 0 radical (unpaired) electrons. The number of rotatable bonds is 12. The zero-order chi connectivity index (χ0) is 26.0. The minimum atomic E-state index is -0.655. The normalized spacial score (nSPS) is 31.4. The summed E-state index contributed by atoms with van der Waals surface area (Å²) in [6.45, 7) is 16.7. The van der Waals surface area contributed by atoms with Crippen LogP contribution in [-0.4, -0.2) is 80.1 Å². The fourth-order valence-corrected chi connectivity index (χ4v) is 8.50. The molecular formula is C27H42N2O5S. The number of aliphatic hydroxyl groups excluding tert-OH is 1. The molecule has 3 aliphatic rings. The number of fused-ring (bicyclic) bond motifs is 1. The van der Waals surface area contributed by atoms with Crippen molar-refractivity contribution in [3.05, 3.63) is 25.3 Å². The number of carbonyl (C=O) groups excluding carboxylic acids is 3. The van der Waals surface area contributed by atoms with E-state index in [0.29, 0.717) is 45.4 Å². The van der Waals surface area contributed by atoms with Crippen LogP contribution in [0.15, 0.2) is 25.3 Å². The SMILES string of the molecule is C=CCCCOC(=O)[C@@H]1[C@H]2C(=O)N(CCCCO)C(C(=O)N(CC=C)C(C)(C)C)C23CC[C@@]1(C)S3. The predicted octanol–water partition coefficient (Wildman–Crippen LogP) is 3.56. The second-order valence-electron chi connectivity index (χ2n) is 11.2. The first-order chi connectivity index (χ1) is 16.5. The lowest BCUT2D eigenvalue weighted by Gasteiger charge is -2.42. The number of nitrogens with zero attached hydrogens (tertiary/aromatic N) is 2. The molecule has 1 N–H and O–H groups in total. The Morgan fingerprint density at radius 2 is 1.94 bits per heavy atom. The van der Waals surface area contributed by atoms with Crippen LogP contribution in [0.1, 0.15) is 66.2 Å². The highest BCUT2D eigenvalue weighted by Crippen LogP contribution is 2.71. The highest BCUT2D eigenvalue weighted by atomic mass is 32.2. The summed E-state index contributed by atoms with van der Waals surface area (Å²) in [5.41, 5.74) is -0.450. The molecule has 3 fully saturated rings. The smallest absolute Gasteiger partial charge is 0.311 e. The van der Waals surface area contributed by atoms with Crippen LogP contribution in [0.25, 0.3) is 0 Å². The van der Waals surface area contributed by atoms with Crippen LogP contribution < -0.4 is 0 Å². The summed E-state index contributed by atoms with van der Waals surface area (Å²) in [7, 11) is 0. The molecule has 0 saturated carbocycles. The molecule has 0 aromatic rings. The van der Waals surface area contributed by atoms with E-state index in [1.807, 2.05) is 20.8 Å². The van der Waals surface area contributed by atoms with Crippen LogP contribution in [0.5, 0.6) is 0 Å². The summed E-state index contributed by atoms with van der Waals surface area (Å²) >= 11 is 1.66. The Hall–Kier alpha value is -1.80. The predicted molar refractivity (Wildman–Crippen MR) is 139 cm³/mol. The number of hydrogen-bond acceptors (Lipinski definition) is 6. The van der Waals surface area contributed by atoms with Gasteiger partial charge >= 0.3 is 5.97 Å². The van der Waals surface area contributed by atoms with Gasteiger partial charge in [-0.2, -0.15) is 0 Å². The lowest BCUT2D eigenvalue weighted by Crippen LogP contribution is -2.58. The fraction of sp³-hybridized carbons (Fsp3) is 0.741. The number of aliphatic hydroxyl groups is 1. The van der Waals surface area contributed by atoms with Gasteiger partial charge in [-0.25, -0.2) is 0 Å². The molecule has 7 nitrogen and oxygen atoms in total. The number of allylic oxidation sites excluding steroid dienone is 1. The quantitative estimate of drug-likeness (QED) is 0.247. The lowest BCUT2D eigenvalue weighted by atomic mass is 9.66. The Balaban J connectivity index is 1.99. The van der Waals surface area contributed by atoms with E-state index >= 15 is 0 Å². The standard InChI is InChI=1S/C27H42N2O5S/c1-7-9-12-18-34-24(33)20-19-22(31)28(16-10-11-17-30)21(27(19)14-13-26(20,6)35-27)23(32)29(15-8-2)25(3,4)5/h7-8,19-21,30H,1-2,9-18H2,3-6H3/t19-,20-,21?,26+,27?/m0/s1. The maximum atomic E-state index is 14.2. The number of unbranched alkanes of at least 4 members (excludes halogenated alkanes) is 2. The molecule has 35 heavy (non-hydrogen) atoms. The fourth-order valence-electron chi connectivity index (χ4n) is 6.16. The first-order valence-corrected chi connectivity index (χ1v) is 13.6. The van der Waals surface area contributed by atoms with Crippen molar-refractivity contribution in [3.8, 4) is 0 Å². The maximum Gasteiger partial charge on any atom is 0.311 e. The third-order valence-corrected chi connectivity index (χ3v) is 9.74. The highest BCUT2D eigenvalue weighted by molar-refractivity contribution is 8.02. The van der Waals surface area contributed by atoms with Crippen molar-refractivity contribution >= 4 is 29.5 Å². The summed E-state index contributed by atoms with van der Waals surface area (Å²) < 4.78 is 4.57. The monoisotopic (exact) mass is 506 g/mol. The Morgan fingerprint density at radius 1 is 1.23 bits per heavy atom. The second kappa shape index (κ2) is 10.7. The largest absolute Gasteiger partial charge is 0.465 e. The van der Waals surface area contributed by atoms with E-state index in [2.05, 4.69) is 20.1 Å². The zero-order valence-corrected chi connectivity index (χ0v) is 22.6. The van der Waals surface area contributed by atoms with Crippen LogP contribution in [0.3, 0.4) is 0 Å². The molecule has 2 amide bonds. The van der Waals surface area contributed by atoms with E-state index in [1.54, 1.807) is 33.7 Å². The number of thioether (sulfide) groups is 1. The van der Waals surface area contributed by atoms with Crippen molar-refractivity contribution < 1.29 is 24.2 Å². The van der Waals surface area contributed by atoms with Gasteiger partial charge in [0.05, 0.1) is 23.2 Å². The topological polar surface area (TPSA) is 87.1 Å².